The van der Waals surface area contributed by atoms with E-state index >= 15 is 0 Å². The molecule has 1 saturated carbocycles. The van der Waals surface area contributed by atoms with Crippen molar-refractivity contribution in [2.75, 3.05) is 10.8 Å². The number of nitrogens with one attached hydrogen (secondary N) is 1. The Morgan fingerprint density at radius 2 is 1.61 bits per heavy atom. The Balaban J connectivity index is 1.73. The van der Waals surface area contributed by atoms with Gasteiger partial charge in [0.2, 0.25) is 11.8 Å². The summed E-state index contributed by atoms with van der Waals surface area (Å²) in [6.07, 6.45) is 3.78. The molecule has 7 nitrogen and oxygen atoms in total. The maximum Gasteiger partial charge on any atom is 0.264 e. The van der Waals surface area contributed by atoms with Crippen molar-refractivity contribution < 1.29 is 18.0 Å². The number of hydrogen-bond donors (Lipinski definition) is 1. The maximum atomic E-state index is 14.1. The normalized spacial score (nSPS) is 14.5. The zero-order chi connectivity index (χ0) is 29.7. The van der Waals surface area contributed by atoms with Gasteiger partial charge in [0.1, 0.15) is 12.6 Å². The fourth-order valence-electron chi connectivity index (χ4n) is 4.73. The fourth-order valence-corrected chi connectivity index (χ4v) is 7.09. The van der Waals surface area contributed by atoms with Crippen molar-refractivity contribution >= 4 is 73.9 Å². The molecule has 0 aromatic heterocycles. The van der Waals surface area contributed by atoms with Crippen molar-refractivity contribution in [3.63, 3.8) is 0 Å². The quantitative estimate of drug-likeness (QED) is 0.255. The van der Waals surface area contributed by atoms with Crippen molar-refractivity contribution in [2.24, 2.45) is 0 Å². The average molecular weight is 657 g/mol. The second kappa shape index (κ2) is 13.7. The van der Waals surface area contributed by atoms with E-state index in [4.69, 9.17) is 46.4 Å². The molecule has 0 saturated heterocycles. The number of amides is 2. The number of hydrogen-bond acceptors (Lipinski definition) is 4. The Bertz CT molecular complexity index is 1520. The number of sulfonamides is 1. The molecule has 0 radical (unpaired) electrons. The first kappa shape index (κ1) is 31.4. The minimum absolute atomic E-state index is 0.0270. The third-order valence-electron chi connectivity index (χ3n) is 7.03. The van der Waals surface area contributed by atoms with Gasteiger partial charge >= 0.3 is 0 Å². The van der Waals surface area contributed by atoms with Crippen LogP contribution in [0.3, 0.4) is 0 Å². The first-order valence-electron chi connectivity index (χ1n) is 13.0. The molecule has 1 N–H and O–H groups in total. The predicted octanol–water partition coefficient (Wildman–Crippen LogP) is 6.97. The number of carbonyl (C=O) groups is 2. The van der Waals surface area contributed by atoms with Crippen LogP contribution in [0, 0.1) is 0 Å². The van der Waals surface area contributed by atoms with E-state index < -0.39 is 28.5 Å². The first-order chi connectivity index (χ1) is 19.5. The Labute approximate surface area is 260 Å². The van der Waals surface area contributed by atoms with Crippen LogP contribution >= 0.6 is 46.4 Å². The van der Waals surface area contributed by atoms with E-state index in [1.54, 1.807) is 49.4 Å². The lowest BCUT2D eigenvalue weighted by Gasteiger charge is -2.33. The van der Waals surface area contributed by atoms with Gasteiger partial charge in [-0.2, -0.15) is 0 Å². The van der Waals surface area contributed by atoms with E-state index in [1.807, 2.05) is 0 Å². The summed E-state index contributed by atoms with van der Waals surface area (Å²) in [5.74, 6) is -0.978. The largest absolute Gasteiger partial charge is 0.352 e. The molecule has 2 amide bonds. The van der Waals surface area contributed by atoms with E-state index in [-0.39, 0.29) is 39.1 Å². The van der Waals surface area contributed by atoms with Gasteiger partial charge in [-0.25, -0.2) is 8.42 Å². The molecule has 218 valence electrons. The smallest absolute Gasteiger partial charge is 0.264 e. The van der Waals surface area contributed by atoms with Crippen LogP contribution in [0.5, 0.6) is 0 Å². The van der Waals surface area contributed by atoms with E-state index in [0.717, 1.165) is 30.0 Å². The summed E-state index contributed by atoms with van der Waals surface area (Å²) in [5, 5.41) is 3.85. The summed E-state index contributed by atoms with van der Waals surface area (Å²) in [5.41, 5.74) is 0.576. The van der Waals surface area contributed by atoms with Crippen LogP contribution in [-0.2, 0) is 26.2 Å². The summed E-state index contributed by atoms with van der Waals surface area (Å²) >= 11 is 25.2. The van der Waals surface area contributed by atoms with Gasteiger partial charge in [0.05, 0.1) is 20.6 Å². The molecule has 1 atom stereocenters. The van der Waals surface area contributed by atoms with Crippen molar-refractivity contribution in [3.05, 3.63) is 92.4 Å². The molecule has 3 aromatic rings. The zero-order valence-corrected chi connectivity index (χ0v) is 26.0. The van der Waals surface area contributed by atoms with E-state index in [2.05, 4.69) is 5.32 Å². The Morgan fingerprint density at radius 1 is 0.927 bits per heavy atom. The van der Waals surface area contributed by atoms with Gasteiger partial charge < -0.3 is 10.2 Å². The monoisotopic (exact) mass is 655 g/mol. The molecular weight excluding hydrogens is 628 g/mol. The maximum absolute atomic E-state index is 14.1. The van der Waals surface area contributed by atoms with Gasteiger partial charge in [0, 0.05) is 22.6 Å². The van der Waals surface area contributed by atoms with Crippen molar-refractivity contribution in [3.8, 4) is 0 Å². The molecule has 41 heavy (non-hydrogen) atoms. The van der Waals surface area contributed by atoms with Crippen LogP contribution in [-0.4, -0.2) is 43.8 Å². The standard InChI is InChI=1S/C29H29Cl4N3O4S/c1-19(29(38)34-22-8-5-6-9-22)35(17-20-14-15-21(30)16-25(20)32)27(37)18-36(26-13-7-12-24(31)28(26)33)41(39,40)23-10-3-2-4-11-23/h2-4,7,10-16,19,22H,5-6,8-9,17-18H2,1H3,(H,34,38). The molecule has 12 heteroatoms. The molecule has 1 aliphatic carbocycles. The average Bonchev–Trinajstić information content (AvgIpc) is 3.46. The molecule has 3 aromatic carbocycles. The van der Waals surface area contributed by atoms with Crippen molar-refractivity contribution in [1.29, 1.82) is 0 Å². The lowest BCUT2D eigenvalue weighted by molar-refractivity contribution is -0.139. The van der Waals surface area contributed by atoms with Crippen LogP contribution in [0.15, 0.2) is 71.6 Å². The lowest BCUT2D eigenvalue weighted by atomic mass is 10.1. The van der Waals surface area contributed by atoms with E-state index in [1.165, 1.54) is 29.2 Å². The highest BCUT2D eigenvalue weighted by Crippen LogP contribution is 2.35. The highest BCUT2D eigenvalue weighted by Gasteiger charge is 2.34. The number of nitrogens with zero attached hydrogens (tertiary/aromatic N) is 2. The van der Waals surface area contributed by atoms with Crippen molar-refractivity contribution in [2.45, 2.75) is 56.1 Å². The second-order valence-electron chi connectivity index (χ2n) is 9.82. The summed E-state index contributed by atoms with van der Waals surface area (Å²) in [6.45, 7) is 0.897. The van der Waals surface area contributed by atoms with Gasteiger partial charge in [-0.3, -0.25) is 13.9 Å². The lowest BCUT2D eigenvalue weighted by Crippen LogP contribution is -2.52. The van der Waals surface area contributed by atoms with Crippen LogP contribution in [0.2, 0.25) is 20.1 Å². The third kappa shape index (κ3) is 7.48. The highest BCUT2D eigenvalue weighted by molar-refractivity contribution is 7.92. The third-order valence-corrected chi connectivity index (χ3v) is 10.2. The van der Waals surface area contributed by atoms with Crippen molar-refractivity contribution in [1.82, 2.24) is 10.2 Å². The minimum atomic E-state index is -4.27. The van der Waals surface area contributed by atoms with Crippen LogP contribution < -0.4 is 9.62 Å². The van der Waals surface area contributed by atoms with Crippen LogP contribution in [0.4, 0.5) is 5.69 Å². The molecule has 0 spiro atoms. The minimum Gasteiger partial charge on any atom is -0.352 e. The molecule has 1 aliphatic rings. The second-order valence-corrected chi connectivity index (χ2v) is 13.3. The molecule has 1 unspecified atom stereocenters. The number of rotatable bonds is 10. The molecule has 0 heterocycles. The summed E-state index contributed by atoms with van der Waals surface area (Å²) < 4.78 is 28.7. The number of anilines is 1. The number of halogens is 4. The Morgan fingerprint density at radius 3 is 2.27 bits per heavy atom. The molecule has 0 aliphatic heterocycles. The molecule has 4 rings (SSSR count). The molecule has 1 fully saturated rings. The van der Waals surface area contributed by atoms with Gasteiger partial charge in [-0.15, -0.1) is 0 Å². The van der Waals surface area contributed by atoms with Gasteiger partial charge in [0.25, 0.3) is 10.0 Å². The highest BCUT2D eigenvalue weighted by atomic mass is 35.5. The summed E-state index contributed by atoms with van der Waals surface area (Å²) in [7, 11) is -4.27. The van der Waals surface area contributed by atoms with Gasteiger partial charge in [0.15, 0.2) is 0 Å². The van der Waals surface area contributed by atoms with Gasteiger partial charge in [-0.1, -0.05) is 89.6 Å². The molecular formula is C29H29Cl4N3O4S. The van der Waals surface area contributed by atoms with Gasteiger partial charge in [-0.05, 0) is 61.7 Å². The number of carbonyl (C=O) groups excluding carboxylic acids is 2. The Hall–Kier alpha value is -2.49. The topological polar surface area (TPSA) is 86.8 Å². The first-order valence-corrected chi connectivity index (χ1v) is 16.0. The fraction of sp³-hybridized carbons (Fsp3) is 0.310. The van der Waals surface area contributed by atoms with E-state index in [0.29, 0.717) is 15.6 Å². The zero-order valence-electron chi connectivity index (χ0n) is 22.2. The summed E-state index contributed by atoms with van der Waals surface area (Å²) in [4.78, 5) is 28.7. The van der Waals surface area contributed by atoms with Crippen LogP contribution in [0.1, 0.15) is 38.2 Å². The SMILES string of the molecule is CC(C(=O)NC1CCCC1)N(Cc1ccc(Cl)cc1Cl)C(=O)CN(c1cccc(Cl)c1Cl)S(=O)(=O)c1ccccc1. The molecule has 0 bridgehead atoms. The van der Waals surface area contributed by atoms with Crippen LogP contribution in [0.25, 0.3) is 0 Å². The van der Waals surface area contributed by atoms with E-state index in [9.17, 15) is 18.0 Å². The Kier molecular flexibility index (Phi) is 10.5. The predicted molar refractivity (Wildman–Crippen MR) is 164 cm³/mol. The number of benzene rings is 3. The summed E-state index contributed by atoms with van der Waals surface area (Å²) in [6, 6.07) is 16.2.